The van der Waals surface area contributed by atoms with Crippen molar-refractivity contribution in [1.29, 1.82) is 0 Å². The number of hydrogen-bond donors (Lipinski definition) is 3. The van der Waals surface area contributed by atoms with Crippen molar-refractivity contribution in [2.24, 2.45) is 16.6 Å². The Hall–Kier alpha value is -4.22. The maximum Gasteiger partial charge on any atom is 0.573 e. The van der Waals surface area contributed by atoms with Crippen LogP contribution in [-0.4, -0.2) is 38.4 Å². The van der Waals surface area contributed by atoms with E-state index in [1.807, 2.05) is 0 Å². The molecule has 0 radical (unpaired) electrons. The van der Waals surface area contributed by atoms with Gasteiger partial charge in [-0.2, -0.15) is 0 Å². The molecule has 9 nitrogen and oxygen atoms in total. The Labute approximate surface area is 230 Å². The molecule has 1 aliphatic carbocycles. The number of nitrogens with two attached hydrogens (primary N) is 1. The van der Waals surface area contributed by atoms with Crippen LogP contribution in [0.2, 0.25) is 0 Å². The highest BCUT2D eigenvalue weighted by atomic mass is 19.4. The topological polar surface area (TPSA) is 124 Å². The van der Waals surface area contributed by atoms with E-state index in [0.717, 1.165) is 32.1 Å². The highest BCUT2D eigenvalue weighted by Crippen LogP contribution is 2.28. The molecule has 0 saturated heterocycles. The van der Waals surface area contributed by atoms with E-state index >= 15 is 0 Å². The molecule has 4 N–H and O–H groups in total. The summed E-state index contributed by atoms with van der Waals surface area (Å²) in [5.74, 6) is -0.579. The summed E-state index contributed by atoms with van der Waals surface area (Å²) in [5, 5.41) is 5.15. The smallest absolute Gasteiger partial charge is 0.493 e. The van der Waals surface area contributed by atoms with Crippen molar-refractivity contribution in [1.82, 2.24) is 10.6 Å². The number of rotatable bonds is 10. The van der Waals surface area contributed by atoms with Gasteiger partial charge in [0, 0.05) is 6.54 Å². The molecular formula is C28H33F3N4O5. The lowest BCUT2D eigenvalue weighted by atomic mass is 9.88. The van der Waals surface area contributed by atoms with E-state index < -0.39 is 23.9 Å². The number of carbonyl (C=O) groups is 2. The molecule has 12 heteroatoms. The van der Waals surface area contributed by atoms with Crippen molar-refractivity contribution in [3.05, 3.63) is 65.4 Å². The number of carbonyl (C=O) groups excluding carboxylic acids is 2. The molecule has 2 aromatic carbocycles. The highest BCUT2D eigenvalue weighted by molar-refractivity contribution is 6.01. The van der Waals surface area contributed by atoms with Crippen LogP contribution in [0.5, 0.6) is 17.2 Å². The van der Waals surface area contributed by atoms with Crippen molar-refractivity contribution in [3.63, 3.8) is 0 Å². The number of allylic oxidation sites excluding steroid dienone is 1. The zero-order valence-electron chi connectivity index (χ0n) is 22.3. The van der Waals surface area contributed by atoms with Crippen molar-refractivity contribution in [2.75, 3.05) is 14.2 Å². The molecule has 0 heterocycles. The van der Waals surface area contributed by atoms with Gasteiger partial charge in [-0.05, 0) is 60.2 Å². The van der Waals surface area contributed by atoms with Gasteiger partial charge >= 0.3 is 6.36 Å². The van der Waals surface area contributed by atoms with Gasteiger partial charge in [0.25, 0.3) is 5.91 Å². The van der Waals surface area contributed by atoms with E-state index in [1.165, 1.54) is 32.4 Å². The number of halogens is 3. The van der Waals surface area contributed by atoms with Gasteiger partial charge in [-0.25, -0.2) is 4.99 Å². The zero-order valence-corrected chi connectivity index (χ0v) is 22.3. The molecule has 2 aromatic rings. The quantitative estimate of drug-likeness (QED) is 0.225. The number of nitrogens with zero attached hydrogens (tertiary/aromatic N) is 1. The zero-order chi connectivity index (χ0) is 29.1. The maximum atomic E-state index is 13.1. The normalized spacial score (nSPS) is 14.8. The maximum absolute atomic E-state index is 13.1. The number of nitrogens with one attached hydrogen (secondary N) is 2. The summed E-state index contributed by atoms with van der Waals surface area (Å²) in [6.07, 6.45) is 1.79. The van der Waals surface area contributed by atoms with Crippen molar-refractivity contribution in [2.45, 2.75) is 51.4 Å². The Bertz CT molecular complexity index is 1240. The molecule has 3 rings (SSSR count). The Kier molecular flexibility index (Phi) is 10.8. The average Bonchev–Trinajstić information content (AvgIpc) is 2.91. The van der Waals surface area contributed by atoms with Crippen LogP contribution in [0.1, 0.15) is 43.2 Å². The average molecular weight is 563 g/mol. The van der Waals surface area contributed by atoms with Crippen molar-refractivity contribution in [3.8, 4) is 17.2 Å². The molecule has 0 spiro atoms. The molecular weight excluding hydrogens is 529 g/mol. The first-order valence-corrected chi connectivity index (χ1v) is 12.8. The number of benzene rings is 2. The molecule has 0 atom stereocenters. The van der Waals surface area contributed by atoms with Gasteiger partial charge in [-0.3, -0.25) is 14.9 Å². The van der Waals surface area contributed by atoms with E-state index in [-0.39, 0.29) is 30.5 Å². The third kappa shape index (κ3) is 9.83. The Morgan fingerprint density at radius 2 is 1.75 bits per heavy atom. The van der Waals surface area contributed by atoms with Gasteiger partial charge in [-0.1, -0.05) is 37.5 Å². The van der Waals surface area contributed by atoms with Crippen LogP contribution in [-0.2, 0) is 22.6 Å². The first-order chi connectivity index (χ1) is 19.1. The van der Waals surface area contributed by atoms with E-state index in [0.29, 0.717) is 22.6 Å². The van der Waals surface area contributed by atoms with E-state index in [1.54, 1.807) is 30.3 Å². The summed E-state index contributed by atoms with van der Waals surface area (Å²) in [6.45, 7) is -0.0724. The van der Waals surface area contributed by atoms with Crippen molar-refractivity contribution >= 4 is 17.8 Å². The van der Waals surface area contributed by atoms with Crippen LogP contribution < -0.4 is 30.6 Å². The molecule has 1 fully saturated rings. The Morgan fingerprint density at radius 1 is 1.02 bits per heavy atom. The van der Waals surface area contributed by atoms with Crippen LogP contribution in [0.4, 0.5) is 13.2 Å². The van der Waals surface area contributed by atoms with Gasteiger partial charge in [-0.15, -0.1) is 13.2 Å². The number of aliphatic imine (C=N–C) groups is 1. The summed E-state index contributed by atoms with van der Waals surface area (Å²) in [5.41, 5.74) is 7.05. The van der Waals surface area contributed by atoms with Crippen LogP contribution >= 0.6 is 0 Å². The molecule has 40 heavy (non-hydrogen) atoms. The summed E-state index contributed by atoms with van der Waals surface area (Å²) in [6, 6.07) is 10.4. The van der Waals surface area contributed by atoms with Gasteiger partial charge < -0.3 is 25.3 Å². The van der Waals surface area contributed by atoms with Crippen LogP contribution in [0.15, 0.2) is 59.2 Å². The number of hydrogen-bond acceptors (Lipinski definition) is 6. The number of guanidine groups is 1. The summed E-state index contributed by atoms with van der Waals surface area (Å²) in [7, 11) is 3.00. The standard InChI is InChI=1S/C28H33F3N4O5/c1-38-23-12-11-19(15-24(23)39-2)16-25(36)35-27(32)34-22(14-18-7-4-3-5-8-18)26(37)33-17-20-9-6-10-21(13-20)40-28(29,30)31/h6,9-15,18H,3-5,7-8,16-17H2,1-2H3,(H,33,37)(H3,32,34,35,36)/b22-14+. The van der Waals surface area contributed by atoms with E-state index in [9.17, 15) is 22.8 Å². The predicted octanol–water partition coefficient (Wildman–Crippen LogP) is 4.36. The molecule has 2 amide bonds. The van der Waals surface area contributed by atoms with Crippen molar-refractivity contribution < 1.29 is 37.0 Å². The molecule has 1 saturated carbocycles. The SMILES string of the molecule is COc1ccc(CC(=O)NC(N)=N/C(=C/C2CCCCC2)C(=O)NCc2cccc(OC(F)(F)F)c2)cc1OC. The second kappa shape index (κ2) is 14.2. The minimum Gasteiger partial charge on any atom is -0.493 e. The van der Waals surface area contributed by atoms with Gasteiger partial charge in [0.05, 0.1) is 20.6 Å². The molecule has 0 bridgehead atoms. The van der Waals surface area contributed by atoms with E-state index in [4.69, 9.17) is 15.2 Å². The fourth-order valence-electron chi connectivity index (χ4n) is 4.33. The second-order valence-electron chi connectivity index (χ2n) is 9.24. The monoisotopic (exact) mass is 562 g/mol. The largest absolute Gasteiger partial charge is 0.573 e. The third-order valence-corrected chi connectivity index (χ3v) is 6.18. The minimum atomic E-state index is -4.83. The highest BCUT2D eigenvalue weighted by Gasteiger charge is 2.31. The third-order valence-electron chi connectivity index (χ3n) is 6.18. The summed E-state index contributed by atoms with van der Waals surface area (Å²) < 4.78 is 52.0. The Balaban J connectivity index is 1.70. The van der Waals surface area contributed by atoms with Crippen LogP contribution in [0, 0.1) is 5.92 Å². The predicted molar refractivity (Wildman–Crippen MR) is 143 cm³/mol. The van der Waals surface area contributed by atoms with Gasteiger partial charge in [0.2, 0.25) is 11.9 Å². The molecule has 0 aliphatic heterocycles. The number of amides is 2. The number of methoxy groups -OCH3 is 2. The fourth-order valence-corrected chi connectivity index (χ4v) is 4.33. The van der Waals surface area contributed by atoms with E-state index in [2.05, 4.69) is 20.4 Å². The van der Waals surface area contributed by atoms with Gasteiger partial charge in [0.1, 0.15) is 11.4 Å². The van der Waals surface area contributed by atoms with Crippen LogP contribution in [0.3, 0.4) is 0 Å². The fraction of sp³-hybridized carbons (Fsp3) is 0.393. The lowest BCUT2D eigenvalue weighted by Gasteiger charge is -2.19. The molecule has 0 aromatic heterocycles. The van der Waals surface area contributed by atoms with Gasteiger partial charge in [0.15, 0.2) is 11.5 Å². The summed E-state index contributed by atoms with van der Waals surface area (Å²) in [4.78, 5) is 29.8. The van der Waals surface area contributed by atoms with Crippen LogP contribution in [0.25, 0.3) is 0 Å². The molecule has 1 aliphatic rings. The second-order valence-corrected chi connectivity index (χ2v) is 9.24. The summed E-state index contributed by atoms with van der Waals surface area (Å²) >= 11 is 0. The molecule has 216 valence electrons. The lowest BCUT2D eigenvalue weighted by molar-refractivity contribution is -0.274. The first kappa shape index (κ1) is 30.3. The Morgan fingerprint density at radius 3 is 2.42 bits per heavy atom. The molecule has 0 unspecified atom stereocenters. The number of alkyl halides is 3. The lowest BCUT2D eigenvalue weighted by Crippen LogP contribution is -2.38. The number of ether oxygens (including phenoxy) is 3. The first-order valence-electron chi connectivity index (χ1n) is 12.8. The minimum absolute atomic E-state index is 0.0125.